The average molecular weight is 442 g/mol. The van der Waals surface area contributed by atoms with Gasteiger partial charge in [0.2, 0.25) is 15.9 Å². The van der Waals surface area contributed by atoms with E-state index in [1.807, 2.05) is 0 Å². The van der Waals surface area contributed by atoms with Gasteiger partial charge in [-0.15, -0.1) is 0 Å². The number of hydrogen-bond donors (Lipinski definition) is 1. The molecule has 25 heavy (non-hydrogen) atoms. The number of hydrogen-bond acceptors (Lipinski definition) is 3. The third-order valence-corrected chi connectivity index (χ3v) is 6.05. The molecule has 0 aliphatic heterocycles. The highest BCUT2D eigenvalue weighted by molar-refractivity contribution is 7.89. The highest BCUT2D eigenvalue weighted by Gasteiger charge is 2.25. The van der Waals surface area contributed by atoms with Crippen LogP contribution in [0.4, 0.5) is 5.69 Å². The van der Waals surface area contributed by atoms with Gasteiger partial charge >= 0.3 is 0 Å². The van der Waals surface area contributed by atoms with E-state index in [0.717, 1.165) is 4.31 Å². The lowest BCUT2D eigenvalue weighted by Gasteiger charge is -2.18. The van der Waals surface area contributed by atoms with Crippen LogP contribution < -0.4 is 5.32 Å². The van der Waals surface area contributed by atoms with Gasteiger partial charge in [0, 0.05) is 27.8 Å². The van der Waals surface area contributed by atoms with E-state index in [-0.39, 0.29) is 14.9 Å². The Morgan fingerprint density at radius 3 is 2.20 bits per heavy atom. The highest BCUT2D eigenvalue weighted by Crippen LogP contribution is 2.27. The number of sulfonamides is 1. The Morgan fingerprint density at radius 2 is 1.60 bits per heavy atom. The maximum absolute atomic E-state index is 12.6. The van der Waals surface area contributed by atoms with Crippen molar-refractivity contribution in [3.63, 3.8) is 0 Å². The summed E-state index contributed by atoms with van der Waals surface area (Å²) in [5.41, 5.74) is 0.356. The standard InChI is InChI=1S/C15H12Cl4N2O3S/c1-21(25(23,24)14-7-9(16)2-3-13(14)19)8-15(22)20-12-5-10(17)4-11(18)6-12/h2-7H,8H2,1H3,(H,20,22). The predicted molar refractivity (Wildman–Crippen MR) is 101 cm³/mol. The number of benzene rings is 2. The molecule has 1 amide bonds. The van der Waals surface area contributed by atoms with Crippen molar-refractivity contribution in [2.45, 2.75) is 4.90 Å². The molecular formula is C15H12Cl4N2O3S. The summed E-state index contributed by atoms with van der Waals surface area (Å²) in [5.74, 6) is -0.567. The molecule has 134 valence electrons. The van der Waals surface area contributed by atoms with E-state index in [1.165, 1.54) is 43.4 Å². The number of carbonyl (C=O) groups is 1. The molecular weight excluding hydrogens is 430 g/mol. The van der Waals surface area contributed by atoms with Crippen molar-refractivity contribution in [1.29, 1.82) is 0 Å². The number of amides is 1. The van der Waals surface area contributed by atoms with Crippen molar-refractivity contribution < 1.29 is 13.2 Å². The van der Waals surface area contributed by atoms with Gasteiger partial charge in [-0.05, 0) is 36.4 Å². The molecule has 0 aliphatic rings. The van der Waals surface area contributed by atoms with Crippen molar-refractivity contribution in [3.05, 3.63) is 56.5 Å². The highest BCUT2D eigenvalue weighted by atomic mass is 35.5. The Kier molecular flexibility index (Phi) is 6.59. The molecule has 0 saturated heterocycles. The summed E-state index contributed by atoms with van der Waals surface area (Å²) in [5, 5.41) is 3.44. The number of halogens is 4. The number of nitrogens with zero attached hydrogens (tertiary/aromatic N) is 1. The van der Waals surface area contributed by atoms with Crippen LogP contribution in [0.1, 0.15) is 0 Å². The minimum Gasteiger partial charge on any atom is -0.325 e. The van der Waals surface area contributed by atoms with Gasteiger partial charge in [-0.2, -0.15) is 4.31 Å². The second-order valence-electron chi connectivity index (χ2n) is 5.04. The second kappa shape index (κ2) is 8.12. The largest absolute Gasteiger partial charge is 0.325 e. The summed E-state index contributed by atoms with van der Waals surface area (Å²) in [7, 11) is -2.73. The van der Waals surface area contributed by atoms with Crippen LogP contribution in [0.15, 0.2) is 41.3 Å². The first-order valence-electron chi connectivity index (χ1n) is 6.77. The van der Waals surface area contributed by atoms with E-state index in [4.69, 9.17) is 46.4 Å². The minimum absolute atomic E-state index is 0.0123. The van der Waals surface area contributed by atoms with Gasteiger partial charge < -0.3 is 5.32 Å². The number of likely N-dealkylation sites (N-methyl/N-ethyl adjacent to an activating group) is 1. The molecule has 0 saturated carbocycles. The Labute approximate surface area is 165 Å². The van der Waals surface area contributed by atoms with E-state index in [9.17, 15) is 13.2 Å². The number of rotatable bonds is 5. The number of anilines is 1. The van der Waals surface area contributed by atoms with Gasteiger partial charge in [-0.3, -0.25) is 4.79 Å². The van der Waals surface area contributed by atoms with Crippen molar-refractivity contribution >= 4 is 68.0 Å². The van der Waals surface area contributed by atoms with Crippen molar-refractivity contribution in [1.82, 2.24) is 4.31 Å². The summed E-state index contributed by atoms with van der Waals surface area (Å²) in [6.45, 7) is -0.435. The molecule has 0 heterocycles. The zero-order chi connectivity index (χ0) is 18.8. The van der Waals surface area contributed by atoms with Crippen LogP contribution in [0.3, 0.4) is 0 Å². The summed E-state index contributed by atoms with van der Waals surface area (Å²) in [4.78, 5) is 11.9. The van der Waals surface area contributed by atoms with E-state index >= 15 is 0 Å². The SMILES string of the molecule is CN(CC(=O)Nc1cc(Cl)cc(Cl)c1)S(=O)(=O)c1cc(Cl)ccc1Cl. The Bertz CT molecular complexity index is 899. The lowest BCUT2D eigenvalue weighted by molar-refractivity contribution is -0.116. The van der Waals surface area contributed by atoms with Crippen LogP contribution in [0.25, 0.3) is 0 Å². The zero-order valence-electron chi connectivity index (χ0n) is 12.8. The minimum atomic E-state index is -3.99. The van der Waals surface area contributed by atoms with Gasteiger partial charge in [0.05, 0.1) is 11.6 Å². The monoisotopic (exact) mass is 440 g/mol. The fourth-order valence-corrected chi connectivity index (χ4v) is 4.34. The topological polar surface area (TPSA) is 66.5 Å². The Balaban J connectivity index is 2.16. The van der Waals surface area contributed by atoms with Crippen LogP contribution in [0, 0.1) is 0 Å². The fourth-order valence-electron chi connectivity index (χ4n) is 1.96. The Morgan fingerprint density at radius 1 is 1.00 bits per heavy atom. The number of nitrogens with one attached hydrogen (secondary N) is 1. The molecule has 0 spiro atoms. The van der Waals surface area contributed by atoms with Crippen LogP contribution >= 0.6 is 46.4 Å². The normalized spacial score (nSPS) is 11.6. The first-order chi connectivity index (χ1) is 11.6. The molecule has 5 nitrogen and oxygen atoms in total. The van der Waals surface area contributed by atoms with E-state index in [1.54, 1.807) is 0 Å². The average Bonchev–Trinajstić information content (AvgIpc) is 2.48. The van der Waals surface area contributed by atoms with E-state index in [0.29, 0.717) is 15.7 Å². The smallest absolute Gasteiger partial charge is 0.244 e. The van der Waals surface area contributed by atoms with E-state index in [2.05, 4.69) is 5.32 Å². The lowest BCUT2D eigenvalue weighted by atomic mass is 10.3. The maximum atomic E-state index is 12.6. The van der Waals surface area contributed by atoms with Gasteiger partial charge in [0.1, 0.15) is 4.90 Å². The third kappa shape index (κ3) is 5.23. The summed E-state index contributed by atoms with van der Waals surface area (Å²) in [6, 6.07) is 8.57. The first kappa shape index (κ1) is 20.3. The maximum Gasteiger partial charge on any atom is 0.244 e. The molecule has 2 aromatic rings. The molecule has 0 aromatic heterocycles. The third-order valence-electron chi connectivity index (χ3n) is 3.09. The quantitative estimate of drug-likeness (QED) is 0.739. The number of carbonyl (C=O) groups excluding carboxylic acids is 1. The van der Waals surface area contributed by atoms with Crippen LogP contribution in [-0.2, 0) is 14.8 Å². The molecule has 10 heteroatoms. The molecule has 2 rings (SSSR count). The van der Waals surface area contributed by atoms with Gasteiger partial charge in [-0.1, -0.05) is 46.4 Å². The summed E-state index contributed by atoms with van der Waals surface area (Å²) >= 11 is 23.5. The zero-order valence-corrected chi connectivity index (χ0v) is 16.6. The van der Waals surface area contributed by atoms with Crippen molar-refractivity contribution in [2.24, 2.45) is 0 Å². The molecule has 0 aliphatic carbocycles. The Hall–Kier alpha value is -1.02. The van der Waals surface area contributed by atoms with E-state index < -0.39 is 22.5 Å². The molecule has 1 N–H and O–H groups in total. The van der Waals surface area contributed by atoms with Gasteiger partial charge in [0.25, 0.3) is 0 Å². The molecule has 0 atom stereocenters. The van der Waals surface area contributed by atoms with Crippen molar-refractivity contribution in [3.8, 4) is 0 Å². The molecule has 0 fully saturated rings. The molecule has 0 radical (unpaired) electrons. The summed E-state index contributed by atoms with van der Waals surface area (Å²) in [6.07, 6.45) is 0. The van der Waals surface area contributed by atoms with Crippen molar-refractivity contribution in [2.75, 3.05) is 18.9 Å². The fraction of sp³-hybridized carbons (Fsp3) is 0.133. The van der Waals surface area contributed by atoms with Crippen LogP contribution in [-0.4, -0.2) is 32.2 Å². The lowest BCUT2D eigenvalue weighted by Crippen LogP contribution is -2.35. The summed E-state index contributed by atoms with van der Waals surface area (Å²) < 4.78 is 26.0. The predicted octanol–water partition coefficient (Wildman–Crippen LogP) is 4.56. The van der Waals surface area contributed by atoms with Gasteiger partial charge in [0.15, 0.2) is 0 Å². The second-order valence-corrected chi connectivity index (χ2v) is 8.77. The first-order valence-corrected chi connectivity index (χ1v) is 9.72. The van der Waals surface area contributed by atoms with Gasteiger partial charge in [-0.25, -0.2) is 8.42 Å². The molecule has 2 aromatic carbocycles. The van der Waals surface area contributed by atoms with Crippen LogP contribution in [0.2, 0.25) is 20.1 Å². The molecule has 0 unspecified atom stereocenters. The van der Waals surface area contributed by atoms with Crippen LogP contribution in [0.5, 0.6) is 0 Å². The molecule has 0 bridgehead atoms.